The van der Waals surface area contributed by atoms with Gasteiger partial charge in [-0.2, -0.15) is 5.10 Å². The summed E-state index contributed by atoms with van der Waals surface area (Å²) < 4.78 is 1.69. The van der Waals surface area contributed by atoms with Gasteiger partial charge >= 0.3 is 0 Å². The van der Waals surface area contributed by atoms with Crippen LogP contribution in [0, 0.1) is 0 Å². The monoisotopic (exact) mass is 193 g/mol. The molecule has 4 nitrogen and oxygen atoms in total. The third kappa shape index (κ3) is 1.35. The SMILES string of the molecule is Cn1nc2c(c1C(=O)CN)CCCC2. The van der Waals surface area contributed by atoms with E-state index in [2.05, 4.69) is 5.10 Å². The maximum absolute atomic E-state index is 11.6. The number of carbonyl (C=O) groups excluding carboxylic acids is 1. The van der Waals surface area contributed by atoms with Gasteiger partial charge in [0.05, 0.1) is 12.2 Å². The first-order valence-electron chi connectivity index (χ1n) is 5.02. The molecular weight excluding hydrogens is 178 g/mol. The molecule has 4 heteroatoms. The van der Waals surface area contributed by atoms with Crippen LogP contribution in [-0.4, -0.2) is 22.1 Å². The molecule has 0 spiro atoms. The Hall–Kier alpha value is -1.16. The van der Waals surface area contributed by atoms with Gasteiger partial charge in [0.15, 0.2) is 5.78 Å². The first-order valence-corrected chi connectivity index (χ1v) is 5.02. The van der Waals surface area contributed by atoms with Crippen LogP contribution in [0.5, 0.6) is 0 Å². The number of aromatic nitrogens is 2. The van der Waals surface area contributed by atoms with E-state index in [1.165, 1.54) is 6.42 Å². The fraction of sp³-hybridized carbons (Fsp3) is 0.600. The summed E-state index contributed by atoms with van der Waals surface area (Å²) in [5, 5.41) is 4.36. The Morgan fingerprint density at radius 2 is 2.21 bits per heavy atom. The summed E-state index contributed by atoms with van der Waals surface area (Å²) in [6, 6.07) is 0. The smallest absolute Gasteiger partial charge is 0.194 e. The van der Waals surface area contributed by atoms with Crippen molar-refractivity contribution in [3.63, 3.8) is 0 Å². The van der Waals surface area contributed by atoms with Crippen LogP contribution in [0.2, 0.25) is 0 Å². The number of Topliss-reactive ketones (excluding diaryl/α,β-unsaturated/α-hetero) is 1. The highest BCUT2D eigenvalue weighted by molar-refractivity contribution is 5.97. The van der Waals surface area contributed by atoms with Crippen LogP contribution in [0.1, 0.15) is 34.6 Å². The average Bonchev–Trinajstić information content (AvgIpc) is 2.53. The van der Waals surface area contributed by atoms with Crippen LogP contribution in [0.15, 0.2) is 0 Å². The third-order valence-corrected chi connectivity index (χ3v) is 2.77. The number of ketones is 1. The van der Waals surface area contributed by atoms with Gasteiger partial charge in [-0.05, 0) is 25.7 Å². The summed E-state index contributed by atoms with van der Waals surface area (Å²) in [5.74, 6) is 0.00292. The van der Waals surface area contributed by atoms with E-state index in [0.717, 1.165) is 36.2 Å². The van der Waals surface area contributed by atoms with Gasteiger partial charge in [0.25, 0.3) is 0 Å². The van der Waals surface area contributed by atoms with Crippen LogP contribution in [-0.2, 0) is 19.9 Å². The fourth-order valence-electron chi connectivity index (χ4n) is 2.13. The number of aryl methyl sites for hydroxylation is 2. The summed E-state index contributed by atoms with van der Waals surface area (Å²) in [7, 11) is 1.82. The Morgan fingerprint density at radius 3 is 2.93 bits per heavy atom. The van der Waals surface area contributed by atoms with E-state index in [9.17, 15) is 4.79 Å². The average molecular weight is 193 g/mol. The summed E-state index contributed by atoms with van der Waals surface area (Å²) >= 11 is 0. The molecule has 0 amide bonds. The topological polar surface area (TPSA) is 60.9 Å². The quantitative estimate of drug-likeness (QED) is 0.693. The number of rotatable bonds is 2. The summed E-state index contributed by atoms with van der Waals surface area (Å²) in [5.41, 5.74) is 8.33. The largest absolute Gasteiger partial charge is 0.324 e. The zero-order valence-electron chi connectivity index (χ0n) is 8.42. The Balaban J connectivity index is 2.47. The molecule has 76 valence electrons. The van der Waals surface area contributed by atoms with Crippen molar-refractivity contribution in [3.8, 4) is 0 Å². The molecule has 0 saturated heterocycles. The molecule has 0 aromatic carbocycles. The molecular formula is C10H15N3O. The molecule has 1 aliphatic carbocycles. The number of carbonyl (C=O) groups is 1. The molecule has 0 bridgehead atoms. The summed E-state index contributed by atoms with van der Waals surface area (Å²) in [6.07, 6.45) is 4.31. The van der Waals surface area contributed by atoms with Crippen molar-refractivity contribution in [1.29, 1.82) is 0 Å². The Morgan fingerprint density at radius 1 is 1.50 bits per heavy atom. The zero-order valence-corrected chi connectivity index (χ0v) is 8.42. The number of hydrogen-bond acceptors (Lipinski definition) is 3. The Labute approximate surface area is 83.1 Å². The van der Waals surface area contributed by atoms with Crippen LogP contribution >= 0.6 is 0 Å². The second-order valence-corrected chi connectivity index (χ2v) is 3.73. The molecule has 1 aromatic heterocycles. The van der Waals surface area contributed by atoms with Gasteiger partial charge in [-0.1, -0.05) is 0 Å². The standard InChI is InChI=1S/C10H15N3O/c1-13-10(9(14)6-11)7-4-2-3-5-8(7)12-13/h2-6,11H2,1H3. The second kappa shape index (κ2) is 3.53. The van der Waals surface area contributed by atoms with Gasteiger partial charge < -0.3 is 5.73 Å². The normalized spacial score (nSPS) is 15.3. The predicted molar refractivity (Wildman–Crippen MR) is 53.2 cm³/mol. The Bertz CT molecular complexity index is 368. The van der Waals surface area contributed by atoms with Crippen molar-refractivity contribution < 1.29 is 4.79 Å². The summed E-state index contributed by atoms with van der Waals surface area (Å²) in [4.78, 5) is 11.6. The van der Waals surface area contributed by atoms with Crippen LogP contribution in [0.4, 0.5) is 0 Å². The molecule has 0 saturated carbocycles. The van der Waals surface area contributed by atoms with E-state index in [-0.39, 0.29) is 12.3 Å². The van der Waals surface area contributed by atoms with E-state index in [1.807, 2.05) is 7.05 Å². The first-order chi connectivity index (χ1) is 6.74. The van der Waals surface area contributed by atoms with Crippen molar-refractivity contribution in [2.75, 3.05) is 6.54 Å². The van der Waals surface area contributed by atoms with Crippen LogP contribution in [0.25, 0.3) is 0 Å². The van der Waals surface area contributed by atoms with E-state index in [0.29, 0.717) is 0 Å². The van der Waals surface area contributed by atoms with Crippen molar-refractivity contribution in [2.24, 2.45) is 12.8 Å². The van der Waals surface area contributed by atoms with Crippen molar-refractivity contribution >= 4 is 5.78 Å². The summed E-state index contributed by atoms with van der Waals surface area (Å²) in [6.45, 7) is 0.0754. The first kappa shape index (κ1) is 9.40. The van der Waals surface area contributed by atoms with Gasteiger partial charge in [-0.25, -0.2) is 0 Å². The van der Waals surface area contributed by atoms with Gasteiger partial charge in [0, 0.05) is 12.6 Å². The molecule has 1 aromatic rings. The molecule has 0 atom stereocenters. The minimum absolute atomic E-state index is 0.00292. The molecule has 2 N–H and O–H groups in total. The lowest BCUT2D eigenvalue weighted by molar-refractivity contribution is 0.0991. The highest BCUT2D eigenvalue weighted by Crippen LogP contribution is 2.23. The lowest BCUT2D eigenvalue weighted by Gasteiger charge is -2.09. The number of nitrogens with zero attached hydrogens (tertiary/aromatic N) is 2. The van der Waals surface area contributed by atoms with Gasteiger partial charge in [-0.15, -0.1) is 0 Å². The molecule has 0 aliphatic heterocycles. The van der Waals surface area contributed by atoms with E-state index >= 15 is 0 Å². The molecule has 2 rings (SSSR count). The number of hydrogen-bond donors (Lipinski definition) is 1. The third-order valence-electron chi connectivity index (χ3n) is 2.77. The fourth-order valence-corrected chi connectivity index (χ4v) is 2.13. The predicted octanol–water partition coefficient (Wildman–Crippen LogP) is 0.440. The molecule has 0 unspecified atom stereocenters. The maximum atomic E-state index is 11.6. The lowest BCUT2D eigenvalue weighted by Crippen LogP contribution is -2.19. The van der Waals surface area contributed by atoms with Gasteiger partial charge in [-0.3, -0.25) is 9.48 Å². The highest BCUT2D eigenvalue weighted by atomic mass is 16.1. The number of nitrogens with two attached hydrogens (primary N) is 1. The number of fused-ring (bicyclic) bond motifs is 1. The van der Waals surface area contributed by atoms with E-state index in [4.69, 9.17) is 5.73 Å². The van der Waals surface area contributed by atoms with Crippen molar-refractivity contribution in [2.45, 2.75) is 25.7 Å². The van der Waals surface area contributed by atoms with Crippen molar-refractivity contribution in [1.82, 2.24) is 9.78 Å². The second-order valence-electron chi connectivity index (χ2n) is 3.73. The van der Waals surface area contributed by atoms with Crippen LogP contribution in [0.3, 0.4) is 0 Å². The van der Waals surface area contributed by atoms with Crippen molar-refractivity contribution in [3.05, 3.63) is 17.0 Å². The molecule has 1 heterocycles. The molecule has 0 fully saturated rings. The molecule has 0 radical (unpaired) electrons. The molecule has 1 aliphatic rings. The maximum Gasteiger partial charge on any atom is 0.194 e. The lowest BCUT2D eigenvalue weighted by atomic mass is 9.95. The van der Waals surface area contributed by atoms with E-state index in [1.54, 1.807) is 4.68 Å². The van der Waals surface area contributed by atoms with Crippen LogP contribution < -0.4 is 5.73 Å². The minimum atomic E-state index is 0.00292. The zero-order chi connectivity index (χ0) is 10.1. The molecule has 14 heavy (non-hydrogen) atoms. The Kier molecular flexibility index (Phi) is 2.37. The van der Waals surface area contributed by atoms with E-state index < -0.39 is 0 Å². The highest BCUT2D eigenvalue weighted by Gasteiger charge is 2.22. The van der Waals surface area contributed by atoms with Gasteiger partial charge in [0.1, 0.15) is 5.69 Å². The van der Waals surface area contributed by atoms with Gasteiger partial charge in [0.2, 0.25) is 0 Å². The minimum Gasteiger partial charge on any atom is -0.324 e.